The average Bonchev–Trinajstić information content (AvgIpc) is 3.10. The third-order valence-corrected chi connectivity index (χ3v) is 10.5. The summed E-state index contributed by atoms with van der Waals surface area (Å²) in [6.07, 6.45) is 0. The monoisotopic (exact) mass is 620 g/mol. The highest BCUT2D eigenvalue weighted by atomic mass is 31.1. The van der Waals surface area contributed by atoms with E-state index < -0.39 is 7.92 Å². The standard InChI is InChI=1S/C42H28F3P/c43-34-17-15-31(16-18-34)42(41(29-9-3-1-4-10-29)30-11-5-2-6-12-30)39-27-32-13-7-8-14-33(32)28-40(39)46(37-23-19-35(44)20-24-37)38-25-21-36(45)22-26-38/h1-28H. The van der Waals surface area contributed by atoms with Gasteiger partial charge in [0.25, 0.3) is 0 Å². The molecule has 0 aliphatic rings. The first-order valence-electron chi connectivity index (χ1n) is 15.0. The van der Waals surface area contributed by atoms with Crippen LogP contribution in [0.4, 0.5) is 13.2 Å². The van der Waals surface area contributed by atoms with Crippen LogP contribution in [0.1, 0.15) is 22.3 Å². The summed E-state index contributed by atoms with van der Waals surface area (Å²) in [7, 11) is -1.30. The van der Waals surface area contributed by atoms with Crippen LogP contribution in [0.25, 0.3) is 21.9 Å². The van der Waals surface area contributed by atoms with Crippen molar-refractivity contribution in [2.45, 2.75) is 0 Å². The van der Waals surface area contributed by atoms with Crippen molar-refractivity contribution in [3.63, 3.8) is 0 Å². The summed E-state index contributed by atoms with van der Waals surface area (Å²) in [6, 6.07) is 52.9. The van der Waals surface area contributed by atoms with Gasteiger partial charge in [0.05, 0.1) is 0 Å². The third kappa shape index (κ3) is 6.03. The molecule has 0 atom stereocenters. The second-order valence-electron chi connectivity index (χ2n) is 11.0. The third-order valence-electron chi connectivity index (χ3n) is 8.05. The summed E-state index contributed by atoms with van der Waals surface area (Å²) in [6.45, 7) is 0. The Labute approximate surface area is 267 Å². The number of hydrogen-bond acceptors (Lipinski definition) is 0. The lowest BCUT2D eigenvalue weighted by molar-refractivity contribution is 0.627. The van der Waals surface area contributed by atoms with Crippen LogP contribution in [0.5, 0.6) is 0 Å². The van der Waals surface area contributed by atoms with Crippen LogP contribution in [0.2, 0.25) is 0 Å². The van der Waals surface area contributed by atoms with E-state index >= 15 is 0 Å². The van der Waals surface area contributed by atoms with Gasteiger partial charge in [-0.2, -0.15) is 0 Å². The Balaban J connectivity index is 1.65. The molecule has 0 amide bonds. The van der Waals surface area contributed by atoms with Gasteiger partial charge in [-0.1, -0.05) is 121 Å². The van der Waals surface area contributed by atoms with Crippen LogP contribution in [-0.2, 0) is 0 Å². The van der Waals surface area contributed by atoms with E-state index in [0.29, 0.717) is 0 Å². The highest BCUT2D eigenvalue weighted by Crippen LogP contribution is 2.43. The van der Waals surface area contributed by atoms with Crippen molar-refractivity contribution in [3.8, 4) is 0 Å². The molecule has 0 heterocycles. The molecule has 0 aliphatic carbocycles. The molecule has 7 rings (SSSR count). The van der Waals surface area contributed by atoms with Crippen LogP contribution in [-0.4, -0.2) is 0 Å². The summed E-state index contributed by atoms with van der Waals surface area (Å²) < 4.78 is 43.0. The molecular formula is C42H28F3P. The minimum atomic E-state index is -1.30. The van der Waals surface area contributed by atoms with Crippen molar-refractivity contribution in [2.75, 3.05) is 0 Å². The molecule has 0 saturated carbocycles. The number of benzene rings is 7. The minimum absolute atomic E-state index is 0.317. The Kier molecular flexibility index (Phi) is 8.33. The summed E-state index contributed by atoms with van der Waals surface area (Å²) >= 11 is 0. The van der Waals surface area contributed by atoms with Gasteiger partial charge in [-0.05, 0) is 117 Å². The second kappa shape index (κ2) is 13.0. The molecule has 0 nitrogen and oxygen atoms in total. The second-order valence-corrected chi connectivity index (χ2v) is 13.2. The summed E-state index contributed by atoms with van der Waals surface area (Å²) in [5, 5.41) is 4.99. The number of rotatable bonds is 7. The number of hydrogen-bond donors (Lipinski definition) is 0. The summed E-state index contributed by atoms with van der Waals surface area (Å²) in [5.74, 6) is -0.958. The van der Waals surface area contributed by atoms with Gasteiger partial charge in [0, 0.05) is 0 Å². The van der Waals surface area contributed by atoms with Crippen LogP contribution < -0.4 is 15.9 Å². The van der Waals surface area contributed by atoms with Gasteiger partial charge in [0.15, 0.2) is 0 Å². The first-order chi connectivity index (χ1) is 22.5. The van der Waals surface area contributed by atoms with E-state index in [1.807, 2.05) is 84.9 Å². The molecule has 0 N–H and O–H groups in total. The molecule has 0 aromatic heterocycles. The SMILES string of the molecule is Fc1ccc(C(=C(c2ccccc2)c2ccccc2)c2cc3ccccc3cc2P(c2ccc(F)cc2)c2ccc(F)cc2)cc1. The fraction of sp³-hybridized carbons (Fsp3) is 0. The van der Waals surface area contributed by atoms with Crippen LogP contribution in [0.3, 0.4) is 0 Å². The summed E-state index contributed by atoms with van der Waals surface area (Å²) in [4.78, 5) is 0. The lowest BCUT2D eigenvalue weighted by Crippen LogP contribution is -2.24. The van der Waals surface area contributed by atoms with Gasteiger partial charge >= 0.3 is 0 Å². The number of fused-ring (bicyclic) bond motifs is 1. The molecule has 7 aromatic carbocycles. The molecule has 222 valence electrons. The molecule has 0 spiro atoms. The molecule has 0 fully saturated rings. The molecule has 0 saturated heterocycles. The lowest BCUT2D eigenvalue weighted by atomic mass is 9.85. The quantitative estimate of drug-likeness (QED) is 0.123. The van der Waals surface area contributed by atoms with E-state index in [9.17, 15) is 13.2 Å². The predicted molar refractivity (Wildman–Crippen MR) is 187 cm³/mol. The van der Waals surface area contributed by atoms with E-state index in [-0.39, 0.29) is 17.5 Å². The van der Waals surface area contributed by atoms with Gasteiger partial charge in [-0.3, -0.25) is 0 Å². The Morgan fingerprint density at radius 1 is 0.370 bits per heavy atom. The topological polar surface area (TPSA) is 0 Å². The zero-order valence-electron chi connectivity index (χ0n) is 24.7. The predicted octanol–water partition coefficient (Wildman–Crippen LogP) is 10.0. The number of halogens is 3. The Bertz CT molecular complexity index is 2050. The molecule has 0 bridgehead atoms. The van der Waals surface area contributed by atoms with Crippen molar-refractivity contribution in [1.82, 2.24) is 0 Å². The van der Waals surface area contributed by atoms with Crippen molar-refractivity contribution < 1.29 is 13.2 Å². The van der Waals surface area contributed by atoms with Crippen molar-refractivity contribution in [1.29, 1.82) is 0 Å². The van der Waals surface area contributed by atoms with Gasteiger partial charge in [0.2, 0.25) is 0 Å². The zero-order chi connectivity index (χ0) is 31.5. The van der Waals surface area contributed by atoms with Crippen LogP contribution >= 0.6 is 7.92 Å². The molecule has 0 aliphatic heterocycles. The smallest absolute Gasteiger partial charge is 0.123 e. The van der Waals surface area contributed by atoms with E-state index in [0.717, 1.165) is 60.1 Å². The largest absolute Gasteiger partial charge is 0.207 e. The highest BCUT2D eigenvalue weighted by Gasteiger charge is 2.26. The molecule has 0 unspecified atom stereocenters. The van der Waals surface area contributed by atoms with Crippen molar-refractivity contribution in [3.05, 3.63) is 210 Å². The molecule has 7 aromatic rings. The van der Waals surface area contributed by atoms with E-state index in [1.54, 1.807) is 0 Å². The maximum atomic E-state index is 14.4. The molecule has 4 heteroatoms. The zero-order valence-corrected chi connectivity index (χ0v) is 25.6. The van der Waals surface area contributed by atoms with Gasteiger partial charge in [-0.25, -0.2) is 13.2 Å². The first kappa shape index (κ1) is 29.5. The van der Waals surface area contributed by atoms with Crippen LogP contribution in [0.15, 0.2) is 170 Å². The van der Waals surface area contributed by atoms with Gasteiger partial charge in [0.1, 0.15) is 17.5 Å². The van der Waals surface area contributed by atoms with Crippen molar-refractivity contribution >= 4 is 45.8 Å². The van der Waals surface area contributed by atoms with E-state index in [4.69, 9.17) is 0 Å². The Hall–Kier alpha value is -5.24. The lowest BCUT2D eigenvalue weighted by Gasteiger charge is -2.26. The minimum Gasteiger partial charge on any atom is -0.207 e. The molecule has 0 radical (unpaired) electrons. The highest BCUT2D eigenvalue weighted by molar-refractivity contribution is 7.80. The maximum absolute atomic E-state index is 14.4. The van der Waals surface area contributed by atoms with Crippen molar-refractivity contribution in [2.24, 2.45) is 0 Å². The summed E-state index contributed by atoms with van der Waals surface area (Å²) in [5.41, 5.74) is 5.79. The molecular weight excluding hydrogens is 592 g/mol. The fourth-order valence-electron chi connectivity index (χ4n) is 5.94. The normalized spacial score (nSPS) is 11.1. The molecule has 46 heavy (non-hydrogen) atoms. The Morgan fingerprint density at radius 3 is 1.24 bits per heavy atom. The fourth-order valence-corrected chi connectivity index (χ4v) is 8.37. The van der Waals surface area contributed by atoms with Gasteiger partial charge < -0.3 is 0 Å². The van der Waals surface area contributed by atoms with Gasteiger partial charge in [-0.15, -0.1) is 0 Å². The Morgan fingerprint density at radius 2 is 0.761 bits per heavy atom. The average molecular weight is 621 g/mol. The van der Waals surface area contributed by atoms with E-state index in [2.05, 4.69) is 48.5 Å². The van der Waals surface area contributed by atoms with Crippen LogP contribution in [0, 0.1) is 17.5 Å². The van der Waals surface area contributed by atoms with E-state index in [1.165, 1.54) is 36.4 Å². The first-order valence-corrected chi connectivity index (χ1v) is 16.3. The maximum Gasteiger partial charge on any atom is 0.123 e.